The van der Waals surface area contributed by atoms with Crippen LogP contribution in [0.1, 0.15) is 23.5 Å². The van der Waals surface area contributed by atoms with Gasteiger partial charge in [-0.1, -0.05) is 41.9 Å². The molecule has 0 fully saturated rings. The number of amides is 1. The zero-order valence-corrected chi connectivity index (χ0v) is 21.4. The Morgan fingerprint density at radius 3 is 2.68 bits per heavy atom. The fourth-order valence-corrected chi connectivity index (χ4v) is 5.40. The number of guanidine groups is 1. The Kier molecular flexibility index (Phi) is 5.86. The van der Waals surface area contributed by atoms with E-state index in [9.17, 15) is 4.79 Å². The van der Waals surface area contributed by atoms with Crippen molar-refractivity contribution in [2.24, 2.45) is 4.99 Å². The molecule has 0 spiro atoms. The van der Waals surface area contributed by atoms with Crippen LogP contribution in [0.3, 0.4) is 0 Å². The summed E-state index contributed by atoms with van der Waals surface area (Å²) < 4.78 is 6.80. The summed E-state index contributed by atoms with van der Waals surface area (Å²) in [5.74, 6) is 0.118. The number of oxazole rings is 1. The quantitative estimate of drug-likeness (QED) is 0.248. The molecule has 1 atom stereocenters. The third-order valence-electron chi connectivity index (χ3n) is 5.96. The van der Waals surface area contributed by atoms with Crippen molar-refractivity contribution in [1.82, 2.24) is 15.3 Å². The van der Waals surface area contributed by atoms with Crippen molar-refractivity contribution in [2.75, 3.05) is 10.6 Å². The van der Waals surface area contributed by atoms with Crippen LogP contribution in [0.25, 0.3) is 21.3 Å². The highest BCUT2D eigenvalue weighted by Crippen LogP contribution is 2.36. The van der Waals surface area contributed by atoms with Gasteiger partial charge in [0, 0.05) is 22.0 Å². The number of thiazole rings is 1. The molecule has 8 nitrogen and oxygen atoms in total. The van der Waals surface area contributed by atoms with E-state index >= 15 is 0 Å². The molecule has 3 heterocycles. The van der Waals surface area contributed by atoms with Gasteiger partial charge in [-0.3, -0.25) is 10.1 Å². The van der Waals surface area contributed by atoms with Gasteiger partial charge in [0.1, 0.15) is 11.6 Å². The molecule has 0 saturated heterocycles. The van der Waals surface area contributed by atoms with E-state index in [-0.39, 0.29) is 5.91 Å². The lowest BCUT2D eigenvalue weighted by Crippen LogP contribution is -2.37. The maximum atomic E-state index is 13.6. The third kappa shape index (κ3) is 4.54. The van der Waals surface area contributed by atoms with Crippen LogP contribution in [0.2, 0.25) is 5.02 Å². The van der Waals surface area contributed by atoms with Crippen LogP contribution < -0.4 is 16.0 Å². The smallest absolute Gasteiger partial charge is 0.302 e. The van der Waals surface area contributed by atoms with Crippen molar-refractivity contribution in [3.8, 4) is 0 Å². The van der Waals surface area contributed by atoms with Gasteiger partial charge < -0.3 is 15.1 Å². The normalized spacial score (nSPS) is 15.5. The molecular weight excluding hydrogens is 508 g/mol. The number of para-hydroxylation sites is 2. The highest BCUT2D eigenvalue weighted by Gasteiger charge is 2.31. The maximum absolute atomic E-state index is 13.6. The van der Waals surface area contributed by atoms with E-state index in [2.05, 4.69) is 25.9 Å². The van der Waals surface area contributed by atoms with Crippen molar-refractivity contribution in [2.45, 2.75) is 19.9 Å². The number of fused-ring (bicyclic) bond motifs is 2. The molecule has 6 rings (SSSR count). The number of aryl methyl sites for hydroxylation is 1. The molecule has 3 N–H and O–H groups in total. The van der Waals surface area contributed by atoms with Crippen LogP contribution in [0, 0.1) is 6.92 Å². The first-order valence-corrected chi connectivity index (χ1v) is 12.8. The maximum Gasteiger partial charge on any atom is 0.302 e. The van der Waals surface area contributed by atoms with E-state index in [1.807, 2.05) is 74.5 Å². The van der Waals surface area contributed by atoms with Crippen LogP contribution >= 0.6 is 22.9 Å². The molecule has 184 valence electrons. The molecule has 0 radical (unpaired) electrons. The third-order valence-corrected chi connectivity index (χ3v) is 7.24. The average Bonchev–Trinajstić information content (AvgIpc) is 3.45. The van der Waals surface area contributed by atoms with Crippen LogP contribution in [0.5, 0.6) is 0 Å². The fourth-order valence-electron chi connectivity index (χ4n) is 4.30. The van der Waals surface area contributed by atoms with Crippen molar-refractivity contribution in [3.63, 3.8) is 0 Å². The molecule has 1 unspecified atom stereocenters. The number of aliphatic imine (C=N–C) groups is 1. The zero-order valence-electron chi connectivity index (χ0n) is 19.9. The summed E-state index contributed by atoms with van der Waals surface area (Å²) in [5.41, 5.74) is 4.76. The fraction of sp³-hybridized carbons (Fsp3) is 0.111. The standard InChI is InChI=1S/C27H21ClN6O2S/c1-14-23(25(35)31-16-11-12-20-22(13-16)37-15(2)30-20)24(17-7-3-4-8-18(17)28)33-26(29-14)34-27-32-19-9-5-6-10-21(19)36-27/h3-13,24H,1-2H3,(H,31,35)(H2,29,32,33,34). The molecule has 1 aliphatic rings. The molecule has 1 amide bonds. The first kappa shape index (κ1) is 23.2. The van der Waals surface area contributed by atoms with E-state index in [1.165, 1.54) is 0 Å². The summed E-state index contributed by atoms with van der Waals surface area (Å²) in [6, 6.07) is 20.2. The summed E-state index contributed by atoms with van der Waals surface area (Å²) in [6.45, 7) is 3.79. The first-order valence-electron chi connectivity index (χ1n) is 11.6. The number of rotatable bonds is 4. The Labute approximate surface area is 221 Å². The number of carbonyl (C=O) groups excluding carboxylic acids is 1. The lowest BCUT2D eigenvalue weighted by Gasteiger charge is -2.27. The molecular formula is C27H21ClN6O2S. The monoisotopic (exact) mass is 528 g/mol. The lowest BCUT2D eigenvalue weighted by molar-refractivity contribution is -0.113. The Morgan fingerprint density at radius 1 is 1.03 bits per heavy atom. The largest absolute Gasteiger partial charge is 0.423 e. The molecule has 37 heavy (non-hydrogen) atoms. The number of anilines is 2. The number of halogens is 1. The van der Waals surface area contributed by atoms with Crippen LogP contribution in [0.15, 0.2) is 87.4 Å². The summed E-state index contributed by atoms with van der Waals surface area (Å²) in [5, 5.41) is 10.8. The Morgan fingerprint density at radius 2 is 1.84 bits per heavy atom. The first-order chi connectivity index (χ1) is 17.9. The summed E-state index contributed by atoms with van der Waals surface area (Å²) in [6.07, 6.45) is 0. The zero-order chi connectivity index (χ0) is 25.5. The highest BCUT2D eigenvalue weighted by molar-refractivity contribution is 7.18. The molecule has 0 saturated carbocycles. The lowest BCUT2D eigenvalue weighted by atomic mass is 9.95. The number of hydrogen-bond acceptors (Lipinski definition) is 8. The molecule has 3 aromatic carbocycles. The van der Waals surface area contributed by atoms with Crippen LogP contribution in [-0.4, -0.2) is 21.8 Å². The second-order valence-electron chi connectivity index (χ2n) is 8.55. The number of carbonyl (C=O) groups is 1. The average molecular weight is 529 g/mol. The molecule has 5 aromatic rings. The van der Waals surface area contributed by atoms with E-state index in [1.54, 1.807) is 17.4 Å². The number of nitrogens with one attached hydrogen (secondary N) is 3. The molecule has 10 heteroatoms. The van der Waals surface area contributed by atoms with Crippen molar-refractivity contribution >= 4 is 67.8 Å². The minimum atomic E-state index is -0.656. The molecule has 0 aliphatic carbocycles. The summed E-state index contributed by atoms with van der Waals surface area (Å²) in [4.78, 5) is 27.4. The summed E-state index contributed by atoms with van der Waals surface area (Å²) >= 11 is 8.15. The van der Waals surface area contributed by atoms with Gasteiger partial charge in [-0.15, -0.1) is 11.3 Å². The number of nitrogens with zero attached hydrogens (tertiary/aromatic N) is 3. The van der Waals surface area contributed by atoms with Gasteiger partial charge in [-0.2, -0.15) is 4.98 Å². The van der Waals surface area contributed by atoms with Crippen molar-refractivity contribution in [1.29, 1.82) is 0 Å². The Balaban J connectivity index is 1.33. The SMILES string of the molecule is CC1=C(C(=O)Nc2ccc3nc(C)sc3c2)C(c2ccccc2Cl)N=C(Nc2nc3ccccc3o2)N1. The number of aromatic nitrogens is 2. The topological polar surface area (TPSA) is 104 Å². The molecule has 0 bridgehead atoms. The second-order valence-corrected chi connectivity index (χ2v) is 10.2. The van der Waals surface area contributed by atoms with Gasteiger partial charge in [-0.05, 0) is 50.2 Å². The van der Waals surface area contributed by atoms with Gasteiger partial charge in [0.2, 0.25) is 5.96 Å². The Hall–Kier alpha value is -4.21. The van der Waals surface area contributed by atoms with Crippen molar-refractivity contribution < 1.29 is 9.21 Å². The van der Waals surface area contributed by atoms with E-state index in [0.29, 0.717) is 45.1 Å². The number of allylic oxidation sites excluding steroid dienone is 1. The van der Waals surface area contributed by atoms with E-state index < -0.39 is 6.04 Å². The van der Waals surface area contributed by atoms with Gasteiger partial charge in [0.05, 0.1) is 20.8 Å². The van der Waals surface area contributed by atoms with Crippen LogP contribution in [-0.2, 0) is 4.79 Å². The van der Waals surface area contributed by atoms with Gasteiger partial charge >= 0.3 is 6.01 Å². The van der Waals surface area contributed by atoms with Gasteiger partial charge in [-0.25, -0.2) is 9.98 Å². The predicted molar refractivity (Wildman–Crippen MR) is 148 cm³/mol. The van der Waals surface area contributed by atoms with Crippen LogP contribution in [0.4, 0.5) is 11.7 Å². The Bertz CT molecular complexity index is 1700. The van der Waals surface area contributed by atoms with Gasteiger partial charge in [0.15, 0.2) is 5.58 Å². The summed E-state index contributed by atoms with van der Waals surface area (Å²) in [7, 11) is 0. The molecule has 2 aromatic heterocycles. The second kappa shape index (κ2) is 9.34. The minimum absolute atomic E-state index is 0.278. The molecule has 1 aliphatic heterocycles. The van der Waals surface area contributed by atoms with Gasteiger partial charge in [0.25, 0.3) is 5.91 Å². The van der Waals surface area contributed by atoms with Crippen molar-refractivity contribution in [3.05, 3.63) is 93.6 Å². The highest BCUT2D eigenvalue weighted by atomic mass is 35.5. The van der Waals surface area contributed by atoms with E-state index in [4.69, 9.17) is 21.0 Å². The number of benzene rings is 3. The predicted octanol–water partition coefficient (Wildman–Crippen LogP) is 6.42. The number of hydrogen-bond donors (Lipinski definition) is 3. The van der Waals surface area contributed by atoms with E-state index in [0.717, 1.165) is 20.7 Å². The minimum Gasteiger partial charge on any atom is -0.423 e.